The fourth-order valence-electron chi connectivity index (χ4n) is 1.29. The minimum atomic E-state index is 0.788. The van der Waals surface area contributed by atoms with Crippen LogP contribution in [0.5, 0.6) is 0 Å². The van der Waals surface area contributed by atoms with Crippen LogP contribution >= 0.6 is 15.9 Å². The highest BCUT2D eigenvalue weighted by molar-refractivity contribution is 9.10. The molecule has 0 atom stereocenters. The fourth-order valence-corrected chi connectivity index (χ4v) is 1.51. The Bertz CT molecular complexity index is 281. The third-order valence-electron chi connectivity index (χ3n) is 2.24. The predicted molar refractivity (Wildman–Crippen MR) is 55.7 cm³/mol. The van der Waals surface area contributed by atoms with E-state index in [4.69, 9.17) is 0 Å². The van der Waals surface area contributed by atoms with Crippen LogP contribution in [0, 0.1) is 5.92 Å². The van der Waals surface area contributed by atoms with E-state index < -0.39 is 0 Å². The molecule has 1 aromatic rings. The van der Waals surface area contributed by atoms with Gasteiger partial charge in [0.1, 0.15) is 4.60 Å². The largest absolute Gasteiger partial charge is 0.358 e. The van der Waals surface area contributed by atoms with Gasteiger partial charge in [-0.15, -0.1) is 10.2 Å². The maximum Gasteiger partial charge on any atom is 0.151 e. The van der Waals surface area contributed by atoms with E-state index in [2.05, 4.69) is 38.1 Å². The first-order valence-corrected chi connectivity index (χ1v) is 5.25. The van der Waals surface area contributed by atoms with Gasteiger partial charge in [0.05, 0.1) is 0 Å². The van der Waals surface area contributed by atoms with E-state index in [1.54, 1.807) is 0 Å². The second-order valence-corrected chi connectivity index (χ2v) is 4.35. The molecule has 13 heavy (non-hydrogen) atoms. The lowest BCUT2D eigenvalue weighted by molar-refractivity contribution is 0.766. The summed E-state index contributed by atoms with van der Waals surface area (Å²) in [7, 11) is 2.07. The highest BCUT2D eigenvalue weighted by Crippen LogP contribution is 2.30. The van der Waals surface area contributed by atoms with Gasteiger partial charge < -0.3 is 4.90 Å². The molecule has 1 aliphatic rings. The molecule has 3 nitrogen and oxygen atoms in total. The molecule has 0 aromatic carbocycles. The zero-order valence-corrected chi connectivity index (χ0v) is 9.16. The molecule has 0 bridgehead atoms. The lowest BCUT2D eigenvalue weighted by Gasteiger charge is -2.16. The van der Waals surface area contributed by atoms with Gasteiger partial charge in [0, 0.05) is 13.6 Å². The first kappa shape index (κ1) is 8.94. The van der Waals surface area contributed by atoms with Crippen molar-refractivity contribution in [1.29, 1.82) is 0 Å². The summed E-state index contributed by atoms with van der Waals surface area (Å²) in [6, 6.07) is 3.91. The number of nitrogens with zero attached hydrogens (tertiary/aromatic N) is 3. The average Bonchev–Trinajstić information content (AvgIpc) is 2.89. The fraction of sp³-hybridized carbons (Fsp3) is 0.556. The number of hydrogen-bond acceptors (Lipinski definition) is 3. The second-order valence-electron chi connectivity index (χ2n) is 3.54. The van der Waals surface area contributed by atoms with Crippen LogP contribution < -0.4 is 4.90 Å². The van der Waals surface area contributed by atoms with E-state index in [-0.39, 0.29) is 0 Å². The molecule has 0 unspecified atom stereocenters. The Morgan fingerprint density at radius 3 is 2.77 bits per heavy atom. The SMILES string of the molecule is CN(CC1CC1)c1ccc(Br)nn1. The Balaban J connectivity index is 2.01. The topological polar surface area (TPSA) is 29.0 Å². The summed E-state index contributed by atoms with van der Waals surface area (Å²) in [6.45, 7) is 1.11. The van der Waals surface area contributed by atoms with Crippen molar-refractivity contribution >= 4 is 21.7 Å². The van der Waals surface area contributed by atoms with E-state index in [1.165, 1.54) is 12.8 Å². The van der Waals surface area contributed by atoms with Gasteiger partial charge >= 0.3 is 0 Å². The van der Waals surface area contributed by atoms with Crippen molar-refractivity contribution in [1.82, 2.24) is 10.2 Å². The van der Waals surface area contributed by atoms with Crippen molar-refractivity contribution in [3.8, 4) is 0 Å². The van der Waals surface area contributed by atoms with Gasteiger partial charge in [0.15, 0.2) is 5.82 Å². The Hall–Kier alpha value is -0.640. The minimum Gasteiger partial charge on any atom is -0.358 e. The first-order valence-electron chi connectivity index (χ1n) is 4.46. The van der Waals surface area contributed by atoms with Crippen LogP contribution in [0.15, 0.2) is 16.7 Å². The van der Waals surface area contributed by atoms with Gasteiger partial charge in [0.25, 0.3) is 0 Å². The van der Waals surface area contributed by atoms with Crippen molar-refractivity contribution < 1.29 is 0 Å². The molecule has 4 heteroatoms. The number of aromatic nitrogens is 2. The summed E-state index contributed by atoms with van der Waals surface area (Å²) >= 11 is 3.27. The molecule has 2 rings (SSSR count). The number of anilines is 1. The minimum absolute atomic E-state index is 0.788. The molecule has 1 fully saturated rings. The van der Waals surface area contributed by atoms with Crippen molar-refractivity contribution in [2.45, 2.75) is 12.8 Å². The van der Waals surface area contributed by atoms with Crippen LogP contribution in [0.2, 0.25) is 0 Å². The summed E-state index contributed by atoms with van der Waals surface area (Å²) in [4.78, 5) is 2.16. The van der Waals surface area contributed by atoms with Gasteiger partial charge in [-0.1, -0.05) is 0 Å². The molecule has 0 N–H and O–H groups in total. The lowest BCUT2D eigenvalue weighted by atomic mass is 10.4. The molecule has 0 aliphatic heterocycles. The van der Waals surface area contributed by atoms with E-state index in [9.17, 15) is 0 Å². The van der Waals surface area contributed by atoms with Gasteiger partial charge in [-0.25, -0.2) is 0 Å². The van der Waals surface area contributed by atoms with Gasteiger partial charge in [-0.05, 0) is 46.8 Å². The Morgan fingerprint density at radius 1 is 1.46 bits per heavy atom. The molecule has 0 saturated heterocycles. The lowest BCUT2D eigenvalue weighted by Crippen LogP contribution is -2.21. The average molecular weight is 242 g/mol. The predicted octanol–water partition coefficient (Wildman–Crippen LogP) is 2.09. The maximum atomic E-state index is 4.09. The molecule has 1 heterocycles. The molecular weight excluding hydrogens is 230 g/mol. The van der Waals surface area contributed by atoms with Crippen LogP contribution in [0.1, 0.15) is 12.8 Å². The Labute approximate surface area is 86.3 Å². The quantitative estimate of drug-likeness (QED) is 0.812. The zero-order valence-electron chi connectivity index (χ0n) is 7.57. The molecule has 0 radical (unpaired) electrons. The molecule has 1 aliphatic carbocycles. The van der Waals surface area contributed by atoms with Crippen molar-refractivity contribution in [3.05, 3.63) is 16.7 Å². The summed E-state index contributed by atoms with van der Waals surface area (Å²) in [5, 5.41) is 8.04. The van der Waals surface area contributed by atoms with E-state index in [0.717, 1.165) is 22.9 Å². The van der Waals surface area contributed by atoms with Gasteiger partial charge in [0.2, 0.25) is 0 Å². The highest BCUT2D eigenvalue weighted by atomic mass is 79.9. The number of halogens is 1. The van der Waals surface area contributed by atoms with Crippen LogP contribution in [0.25, 0.3) is 0 Å². The summed E-state index contributed by atoms with van der Waals surface area (Å²) in [6.07, 6.45) is 2.74. The Kier molecular flexibility index (Phi) is 2.49. The molecular formula is C9H12BrN3. The van der Waals surface area contributed by atoms with Gasteiger partial charge in [-0.2, -0.15) is 0 Å². The standard InChI is InChI=1S/C9H12BrN3/c1-13(6-7-2-3-7)9-5-4-8(10)11-12-9/h4-5,7H,2-3,6H2,1H3. The normalized spacial score (nSPS) is 15.8. The zero-order chi connectivity index (χ0) is 9.26. The van der Waals surface area contributed by atoms with Crippen LogP contribution in [-0.4, -0.2) is 23.8 Å². The smallest absolute Gasteiger partial charge is 0.151 e. The third kappa shape index (κ3) is 2.40. The number of hydrogen-bond donors (Lipinski definition) is 0. The third-order valence-corrected chi connectivity index (χ3v) is 2.66. The van der Waals surface area contributed by atoms with Crippen molar-refractivity contribution in [2.24, 2.45) is 5.92 Å². The van der Waals surface area contributed by atoms with E-state index in [0.29, 0.717) is 0 Å². The van der Waals surface area contributed by atoms with Gasteiger partial charge in [-0.3, -0.25) is 0 Å². The molecule has 70 valence electrons. The maximum absolute atomic E-state index is 4.09. The van der Waals surface area contributed by atoms with E-state index >= 15 is 0 Å². The molecule has 1 aromatic heterocycles. The monoisotopic (exact) mass is 241 g/mol. The molecule has 1 saturated carbocycles. The van der Waals surface area contributed by atoms with Crippen LogP contribution in [0.4, 0.5) is 5.82 Å². The first-order chi connectivity index (χ1) is 6.25. The number of rotatable bonds is 3. The summed E-state index contributed by atoms with van der Waals surface area (Å²) in [5.41, 5.74) is 0. The van der Waals surface area contributed by atoms with Crippen LogP contribution in [-0.2, 0) is 0 Å². The van der Waals surface area contributed by atoms with Crippen molar-refractivity contribution in [2.75, 3.05) is 18.5 Å². The van der Waals surface area contributed by atoms with E-state index in [1.807, 2.05) is 12.1 Å². The summed E-state index contributed by atoms with van der Waals surface area (Å²) < 4.78 is 0.788. The van der Waals surface area contributed by atoms with Crippen molar-refractivity contribution in [3.63, 3.8) is 0 Å². The molecule has 0 spiro atoms. The summed E-state index contributed by atoms with van der Waals surface area (Å²) in [5.74, 6) is 1.84. The highest BCUT2D eigenvalue weighted by Gasteiger charge is 2.23. The second kappa shape index (κ2) is 3.62. The Morgan fingerprint density at radius 2 is 2.23 bits per heavy atom. The van der Waals surface area contributed by atoms with Crippen LogP contribution in [0.3, 0.4) is 0 Å². The molecule has 0 amide bonds.